The summed E-state index contributed by atoms with van der Waals surface area (Å²) in [6, 6.07) is 0. The van der Waals surface area contributed by atoms with Gasteiger partial charge in [-0.2, -0.15) is 22.0 Å². The minimum atomic E-state index is -1.97. The molecular formula is C73H66F20O25. The maximum atomic E-state index is 14.0. The molecule has 5 aliphatic rings. The van der Waals surface area contributed by atoms with Gasteiger partial charge < -0.3 is 71.1 Å². The van der Waals surface area contributed by atoms with E-state index in [-0.39, 0.29) is 45.3 Å². The van der Waals surface area contributed by atoms with Gasteiger partial charge in [-0.25, -0.2) is 89.8 Å². The molecule has 0 N–H and O–H groups in total. The van der Waals surface area contributed by atoms with Gasteiger partial charge in [-0.05, 0) is 67.2 Å². The summed E-state index contributed by atoms with van der Waals surface area (Å²) in [6.45, 7) is 9.02. The van der Waals surface area contributed by atoms with Crippen molar-refractivity contribution in [2.45, 2.75) is 121 Å². The van der Waals surface area contributed by atoms with Crippen molar-refractivity contribution in [3.63, 3.8) is 0 Å². The number of unbranched alkanes of at least 4 members (excludes halogenated alkanes) is 1. The number of carbonyl (C=O) groups excluding carboxylic acids is 10. The molecule has 0 amide bonds. The first kappa shape index (κ1) is 95.2. The van der Waals surface area contributed by atoms with E-state index in [0.29, 0.717) is 19.3 Å². The molecule has 0 bridgehead atoms. The van der Waals surface area contributed by atoms with Crippen LogP contribution in [-0.2, 0) is 71.3 Å². The summed E-state index contributed by atoms with van der Waals surface area (Å²) in [5.41, 5.74) is -10.8. The van der Waals surface area contributed by atoms with Gasteiger partial charge in [-0.15, -0.1) is 0 Å². The molecular weight excluding hydrogens is 1660 g/mol. The zero-order valence-electron chi connectivity index (χ0n) is 63.0. The molecule has 118 heavy (non-hydrogen) atoms. The maximum absolute atomic E-state index is 14.0. The molecule has 5 aliphatic heterocycles. The van der Waals surface area contributed by atoms with Crippen LogP contribution in [0.4, 0.5) is 112 Å². The Labute approximate surface area is 652 Å². The van der Waals surface area contributed by atoms with Crippen LogP contribution in [-0.4, -0.2) is 127 Å². The van der Waals surface area contributed by atoms with Crippen molar-refractivity contribution < 1.29 is 207 Å². The van der Waals surface area contributed by atoms with Gasteiger partial charge in [0.25, 0.3) is 0 Å². The third kappa shape index (κ3) is 21.0. The molecule has 648 valence electrons. The third-order valence-corrected chi connectivity index (χ3v) is 18.2. The van der Waals surface area contributed by atoms with Gasteiger partial charge in [-0.3, -0.25) is 24.0 Å². The highest BCUT2D eigenvalue weighted by Gasteiger charge is 2.51. The first-order chi connectivity index (χ1) is 55.0. The smallest absolute Gasteiger partial charge is 0.434 e. The summed E-state index contributed by atoms with van der Waals surface area (Å²) >= 11 is 0. The quantitative estimate of drug-likeness (QED) is 0.0196. The predicted octanol–water partition coefficient (Wildman–Crippen LogP) is 16.3. The molecule has 5 aromatic rings. The normalized spacial score (nSPS) is 16.4. The summed E-state index contributed by atoms with van der Waals surface area (Å²) in [6.07, 6.45) is -3.00. The molecule has 0 aliphatic carbocycles. The second-order valence-electron chi connectivity index (χ2n) is 27.1. The van der Waals surface area contributed by atoms with Gasteiger partial charge in [0.1, 0.15) is 87.7 Å². The van der Waals surface area contributed by atoms with E-state index in [9.17, 15) is 136 Å². The van der Waals surface area contributed by atoms with E-state index in [1.165, 1.54) is 13.8 Å². The van der Waals surface area contributed by atoms with Crippen molar-refractivity contribution in [2.24, 2.45) is 27.1 Å². The lowest BCUT2D eigenvalue weighted by molar-refractivity contribution is -0.160. The molecule has 0 aromatic heterocycles. The van der Waals surface area contributed by atoms with Gasteiger partial charge in [0.15, 0.2) is 87.3 Å². The molecule has 10 rings (SSSR count). The van der Waals surface area contributed by atoms with E-state index in [4.69, 9.17) is 23.7 Å². The Morgan fingerprint density at radius 3 is 0.788 bits per heavy atom. The zero-order chi connectivity index (χ0) is 88.9. The van der Waals surface area contributed by atoms with Crippen LogP contribution in [0.15, 0.2) is 0 Å². The first-order valence-corrected chi connectivity index (χ1v) is 34.2. The highest BCUT2D eigenvalue weighted by Crippen LogP contribution is 2.41. The number of carbonyl (C=O) groups is 10. The lowest BCUT2D eigenvalue weighted by Crippen LogP contribution is -2.47. The standard InChI is InChI=1S/C16H16F4O5.2C15H14F4O5.C14H12F4O5.C13H10F4O5/c1-3-4-5-16(6-23-15(22)24-7-16)14(21)25-13-10(18)8(2)9(17)11(19)12(13)20;1-7-9(16)11(18)12(19)13(10(7)17)24-8(20)3-4-15(2)5-22-14(21)23-6-15;1-3-4-15(5-22-14(21)23-6-15)13(20)24-12-9(17)7(2)8(16)10(18)11(12)19;1-3-14(4-21-13(20)22-5-14)12(19)23-11-8(16)6(2)7(15)9(17)10(11)18;1-5-6(14)8(16)9(17)10(7(5)15)22-11(18)13(2)3-20-12(19)21-4-13/h3-7H2,1-2H3;2*3-6H2,1-2H3;3-5H2,1-2H3;3-4H2,1-2H3. The van der Waals surface area contributed by atoms with E-state index in [1.807, 2.05) is 6.92 Å². The Morgan fingerprint density at radius 2 is 0.517 bits per heavy atom. The largest absolute Gasteiger partial charge is 0.508 e. The molecule has 0 radical (unpaired) electrons. The van der Waals surface area contributed by atoms with Gasteiger partial charge in [-0.1, -0.05) is 47.0 Å². The highest BCUT2D eigenvalue weighted by atomic mass is 19.2. The minimum absolute atomic E-state index is 0.00607. The molecule has 0 unspecified atom stereocenters. The summed E-state index contributed by atoms with van der Waals surface area (Å²) in [5, 5.41) is 0. The Morgan fingerprint density at radius 1 is 0.280 bits per heavy atom. The molecule has 5 heterocycles. The number of hydrogen-bond acceptors (Lipinski definition) is 25. The van der Waals surface area contributed by atoms with E-state index in [2.05, 4.69) is 47.4 Å². The molecule has 5 aromatic carbocycles. The predicted molar refractivity (Wildman–Crippen MR) is 347 cm³/mol. The van der Waals surface area contributed by atoms with E-state index >= 15 is 0 Å². The van der Waals surface area contributed by atoms with Crippen LogP contribution < -0.4 is 23.7 Å². The summed E-state index contributed by atoms with van der Waals surface area (Å²) in [7, 11) is 0. The van der Waals surface area contributed by atoms with Crippen LogP contribution in [0.3, 0.4) is 0 Å². The van der Waals surface area contributed by atoms with Gasteiger partial charge in [0.2, 0.25) is 57.8 Å². The third-order valence-electron chi connectivity index (χ3n) is 18.2. The number of hydrogen-bond donors (Lipinski definition) is 0. The monoisotopic (exact) mass is 1720 g/mol. The Hall–Kier alpha value is -11.6. The molecule has 25 nitrogen and oxygen atoms in total. The topological polar surface area (TPSA) is 309 Å². The van der Waals surface area contributed by atoms with Crippen molar-refractivity contribution in [3.05, 3.63) is 144 Å². The average molecular weight is 1720 g/mol. The molecule has 45 heteroatoms. The Kier molecular flexibility index (Phi) is 31.6. The fourth-order valence-electron chi connectivity index (χ4n) is 10.4. The fourth-order valence-corrected chi connectivity index (χ4v) is 10.4. The number of esters is 5. The van der Waals surface area contributed by atoms with E-state index < -0.39 is 313 Å². The molecule has 5 fully saturated rings. The zero-order valence-corrected chi connectivity index (χ0v) is 63.0. The van der Waals surface area contributed by atoms with Crippen molar-refractivity contribution in [3.8, 4) is 28.7 Å². The van der Waals surface area contributed by atoms with E-state index in [0.717, 1.165) is 34.6 Å². The summed E-state index contributed by atoms with van der Waals surface area (Å²) in [5.74, 6) is -48.0. The fraction of sp³-hybridized carbons (Fsp3) is 0.452. The van der Waals surface area contributed by atoms with Crippen molar-refractivity contribution in [1.29, 1.82) is 0 Å². The summed E-state index contributed by atoms with van der Waals surface area (Å²) in [4.78, 5) is 115. The second kappa shape index (κ2) is 39.1. The summed E-state index contributed by atoms with van der Waals surface area (Å²) < 4.78 is 340. The van der Waals surface area contributed by atoms with Crippen LogP contribution in [0.5, 0.6) is 28.7 Å². The van der Waals surface area contributed by atoms with Crippen LogP contribution in [0, 0.1) is 178 Å². The lowest BCUT2D eigenvalue weighted by Gasteiger charge is -2.33. The SMILES string of the molecule is CCC1(C(=O)Oc2c(F)c(C)c(F)c(F)c2F)COC(=O)OC1.CCCC1(C(=O)Oc2c(F)c(C)c(F)c(F)c2F)COC(=O)OC1.CCCCC1(C(=O)Oc2c(F)c(C)c(F)c(F)c2F)COC(=O)OC1.Cc1c(F)c(F)c(F)c(OC(=O)C2(C)COC(=O)OC2)c1F.Cc1c(F)c(F)c(F)c(OC(=O)CCC2(C)COC(=O)OC2)c1F. The van der Waals surface area contributed by atoms with E-state index in [1.54, 1.807) is 13.8 Å². The molecule has 0 atom stereocenters. The van der Waals surface area contributed by atoms with Crippen LogP contribution in [0.2, 0.25) is 0 Å². The second-order valence-corrected chi connectivity index (χ2v) is 27.1. The van der Waals surface area contributed by atoms with Crippen molar-refractivity contribution in [1.82, 2.24) is 0 Å². The number of benzene rings is 5. The number of halogens is 20. The Balaban J connectivity index is 0.000000229. The van der Waals surface area contributed by atoms with Crippen molar-refractivity contribution >= 4 is 60.6 Å². The first-order valence-electron chi connectivity index (χ1n) is 34.2. The highest BCUT2D eigenvalue weighted by molar-refractivity contribution is 5.84. The van der Waals surface area contributed by atoms with Crippen LogP contribution >= 0.6 is 0 Å². The lowest BCUT2D eigenvalue weighted by atomic mass is 9.84. The van der Waals surface area contributed by atoms with Gasteiger partial charge in [0, 0.05) is 39.7 Å². The molecule has 0 saturated carbocycles. The minimum Gasteiger partial charge on any atom is -0.434 e. The van der Waals surface area contributed by atoms with Crippen LogP contribution in [0.25, 0.3) is 0 Å². The number of rotatable bonds is 18. The number of ether oxygens (including phenoxy) is 15. The molecule has 0 spiro atoms. The van der Waals surface area contributed by atoms with Crippen LogP contribution in [0.1, 0.15) is 114 Å². The van der Waals surface area contributed by atoms with Gasteiger partial charge >= 0.3 is 60.6 Å². The Bertz CT molecular complexity index is 4570. The number of cyclic esters (lactones) is 10. The van der Waals surface area contributed by atoms with Crippen molar-refractivity contribution in [2.75, 3.05) is 66.1 Å². The van der Waals surface area contributed by atoms with Gasteiger partial charge in [0.05, 0.1) is 0 Å². The molecule has 5 saturated heterocycles. The maximum Gasteiger partial charge on any atom is 0.508 e. The average Bonchev–Trinajstić information content (AvgIpc) is 0.787.